The third-order valence-corrected chi connectivity index (χ3v) is 13.5. The molecule has 4 aliphatic rings. The molecule has 2 fully saturated rings. The van der Waals surface area contributed by atoms with Crippen molar-refractivity contribution in [2.24, 2.45) is 5.92 Å². The van der Waals surface area contributed by atoms with Crippen LogP contribution in [0.15, 0.2) is 66.7 Å². The number of carbonyl (C=O) groups is 3. The normalized spacial score (nSPS) is 26.1. The van der Waals surface area contributed by atoms with Crippen LogP contribution in [0.3, 0.4) is 0 Å². The molecule has 262 valence electrons. The largest absolute Gasteiger partial charge is 0.394 e. The van der Waals surface area contributed by atoms with E-state index >= 15 is 4.11 Å². The van der Waals surface area contributed by atoms with E-state index in [2.05, 4.69) is 0 Å². The molecule has 11 nitrogen and oxygen atoms in total. The van der Waals surface area contributed by atoms with Gasteiger partial charge in [-0.25, -0.2) is 0 Å². The van der Waals surface area contributed by atoms with Gasteiger partial charge in [0, 0.05) is 54.4 Å². The van der Waals surface area contributed by atoms with E-state index in [1.807, 2.05) is 48.5 Å². The first kappa shape index (κ1) is 34.0. The van der Waals surface area contributed by atoms with Crippen LogP contribution in [0.4, 0.5) is 21.2 Å². The summed E-state index contributed by atoms with van der Waals surface area (Å²) < 4.78 is 23.2. The smallest absolute Gasteiger partial charge is 0.269 e. The number of nitro groups is 1. The van der Waals surface area contributed by atoms with E-state index in [4.69, 9.17) is 4.74 Å². The number of halogens is 1. The number of ether oxygens (including phenoxy) is 1. The van der Waals surface area contributed by atoms with Gasteiger partial charge in [-0.05, 0) is 60.8 Å². The molecule has 0 aromatic heterocycles. The first-order valence-corrected chi connectivity index (χ1v) is 20.1. The van der Waals surface area contributed by atoms with Gasteiger partial charge in [-0.1, -0.05) is 43.3 Å². The second-order valence-electron chi connectivity index (χ2n) is 14.5. The minimum Gasteiger partial charge on any atom is -0.394 e. The summed E-state index contributed by atoms with van der Waals surface area (Å²) in [4.78, 5) is 57.7. The van der Waals surface area contributed by atoms with E-state index in [-0.39, 0.29) is 42.6 Å². The molecular weight excluding hydrogens is 660 g/mol. The third-order valence-electron chi connectivity index (χ3n) is 11.1. The molecule has 3 aromatic rings. The van der Waals surface area contributed by atoms with Gasteiger partial charge in [0.15, 0.2) is 5.60 Å². The first-order chi connectivity index (χ1) is 23.8. The zero-order chi connectivity index (χ0) is 35.5. The fraction of sp³-hybridized carbons (Fsp3) is 0.432. The lowest BCUT2D eigenvalue weighted by atomic mass is 9.82. The van der Waals surface area contributed by atoms with Crippen LogP contribution in [0.1, 0.15) is 48.4 Å². The van der Waals surface area contributed by atoms with Gasteiger partial charge >= 0.3 is 0 Å². The van der Waals surface area contributed by atoms with E-state index < -0.39 is 48.4 Å². The second kappa shape index (κ2) is 12.7. The molecule has 4 heterocycles. The maximum absolute atomic E-state index is 16.5. The van der Waals surface area contributed by atoms with Crippen LogP contribution in [0.2, 0.25) is 18.6 Å². The van der Waals surface area contributed by atoms with Crippen molar-refractivity contribution in [1.29, 1.82) is 0 Å². The van der Waals surface area contributed by atoms with Gasteiger partial charge in [-0.3, -0.25) is 24.5 Å². The minimum atomic E-state index is -3.64. The Morgan fingerprint density at radius 3 is 2.54 bits per heavy atom. The molecule has 7 rings (SSSR count). The lowest BCUT2D eigenvalue weighted by Gasteiger charge is -2.37. The fourth-order valence-electron chi connectivity index (χ4n) is 8.76. The molecule has 0 bridgehead atoms. The zero-order valence-corrected chi connectivity index (χ0v) is 29.4. The average Bonchev–Trinajstić information content (AvgIpc) is 3.72. The molecular formula is C37H41FN4O7Si. The van der Waals surface area contributed by atoms with Crippen molar-refractivity contribution in [2.75, 3.05) is 23.0 Å². The molecule has 5 atom stereocenters. The zero-order valence-electron chi connectivity index (χ0n) is 28.4. The molecule has 0 radical (unpaired) electrons. The Morgan fingerprint density at radius 1 is 1.10 bits per heavy atom. The number of benzene rings is 3. The predicted octanol–water partition coefficient (Wildman–Crippen LogP) is 5.38. The maximum Gasteiger partial charge on any atom is 0.269 e. The van der Waals surface area contributed by atoms with E-state index in [1.165, 1.54) is 23.1 Å². The molecule has 3 amide bonds. The molecule has 4 aliphatic heterocycles. The number of aliphatic hydroxyl groups is 1. The van der Waals surface area contributed by atoms with Crippen LogP contribution in [0.25, 0.3) is 0 Å². The first-order valence-electron chi connectivity index (χ1n) is 17.2. The van der Waals surface area contributed by atoms with Gasteiger partial charge in [0.25, 0.3) is 11.6 Å². The highest BCUT2D eigenvalue weighted by Crippen LogP contribution is 2.60. The Morgan fingerprint density at radius 2 is 1.86 bits per heavy atom. The van der Waals surface area contributed by atoms with Crippen LogP contribution in [-0.4, -0.2) is 66.4 Å². The van der Waals surface area contributed by atoms with Crippen LogP contribution in [0.5, 0.6) is 0 Å². The monoisotopic (exact) mass is 700 g/mol. The van der Waals surface area contributed by atoms with Crippen molar-refractivity contribution in [3.8, 4) is 0 Å². The lowest BCUT2D eigenvalue weighted by molar-refractivity contribution is -0.385. The predicted molar refractivity (Wildman–Crippen MR) is 187 cm³/mol. The van der Waals surface area contributed by atoms with Crippen molar-refractivity contribution in [2.45, 2.75) is 82.1 Å². The van der Waals surface area contributed by atoms with Crippen LogP contribution in [-0.2, 0) is 44.2 Å². The number of carbonyl (C=O) groups excluding carboxylic acids is 3. The number of anilines is 2. The van der Waals surface area contributed by atoms with E-state index in [1.54, 1.807) is 29.8 Å². The van der Waals surface area contributed by atoms with Crippen molar-refractivity contribution in [3.05, 3.63) is 99.1 Å². The molecule has 1 spiro atoms. The molecule has 13 heteroatoms. The molecule has 1 N–H and O–H groups in total. The van der Waals surface area contributed by atoms with E-state index in [9.17, 15) is 29.6 Å². The van der Waals surface area contributed by atoms with Crippen molar-refractivity contribution in [1.82, 2.24) is 4.90 Å². The van der Waals surface area contributed by atoms with E-state index in [0.717, 1.165) is 28.8 Å². The summed E-state index contributed by atoms with van der Waals surface area (Å²) in [7, 11) is -3.64. The van der Waals surface area contributed by atoms with Crippen LogP contribution in [0, 0.1) is 16.0 Å². The van der Waals surface area contributed by atoms with Gasteiger partial charge < -0.3 is 28.7 Å². The van der Waals surface area contributed by atoms with Gasteiger partial charge in [0.1, 0.15) is 0 Å². The van der Waals surface area contributed by atoms with Gasteiger partial charge in [0.05, 0.1) is 42.3 Å². The molecule has 0 unspecified atom stereocenters. The Labute approximate surface area is 291 Å². The summed E-state index contributed by atoms with van der Waals surface area (Å²) in [5.41, 5.74) is 1.42. The Hall–Kier alpha value is -4.46. The number of hydrogen-bond donors (Lipinski definition) is 1. The van der Waals surface area contributed by atoms with Crippen LogP contribution < -0.4 is 9.80 Å². The van der Waals surface area contributed by atoms with Gasteiger partial charge in [-0.2, -0.15) is 0 Å². The number of nitro benzene ring substituents is 1. The SMILES string of the molecule is C[C@@H]1[C@@H]([Si](C)(C)F)[C@H](CC(=O)N2Cc3ccccc3C[C@H]2CO)O[C@@]12C(=O)N(Cc1cccc(N3CCCC3=O)c1)c1ccc([N+](=O)[O-])cc12. The number of non-ortho nitro benzene ring substituents is 1. The second-order valence-corrected chi connectivity index (χ2v) is 18.3. The number of nitrogens with zero attached hydrogens (tertiary/aromatic N) is 4. The molecule has 0 aliphatic carbocycles. The standard InChI is InChI=1S/C37H41FN4O7Si/c1-23-35(50(2,3)38)32(19-34(45)40-21-26-10-5-4-9-25(26)17-29(40)22-43)49-37(23)30-18-28(42(47)48)13-14-31(30)41(36(37)46)20-24-8-6-11-27(16-24)39-15-7-12-33(39)44/h4-6,8-11,13-14,16,18,23,29,32,35,43H,7,12,15,17,19-22H2,1-3H3/t23-,29+,32+,35-,37+/m1/s1. The highest BCUT2D eigenvalue weighted by atomic mass is 28.4. The number of fused-ring (bicyclic) bond motifs is 3. The Kier molecular flexibility index (Phi) is 8.64. The Balaban J connectivity index is 1.25. The van der Waals surface area contributed by atoms with Crippen molar-refractivity contribution in [3.63, 3.8) is 0 Å². The highest BCUT2D eigenvalue weighted by Gasteiger charge is 2.67. The summed E-state index contributed by atoms with van der Waals surface area (Å²) in [6.45, 7) is 5.58. The van der Waals surface area contributed by atoms with E-state index in [0.29, 0.717) is 31.6 Å². The summed E-state index contributed by atoms with van der Waals surface area (Å²) in [5, 5.41) is 22.2. The van der Waals surface area contributed by atoms with Gasteiger partial charge in [0.2, 0.25) is 20.2 Å². The molecule has 0 saturated carbocycles. The quantitative estimate of drug-likeness (QED) is 0.144. The maximum atomic E-state index is 16.5. The summed E-state index contributed by atoms with van der Waals surface area (Å²) in [5.74, 6) is -1.50. The minimum absolute atomic E-state index is 0.0351. The number of hydrogen-bond acceptors (Lipinski definition) is 7. The summed E-state index contributed by atoms with van der Waals surface area (Å²) in [6.07, 6.45) is 0.529. The number of amides is 3. The fourth-order valence-corrected chi connectivity index (χ4v) is 11.3. The Bertz CT molecular complexity index is 1880. The number of aliphatic hydroxyl groups excluding tert-OH is 1. The van der Waals surface area contributed by atoms with Crippen molar-refractivity contribution >= 4 is 43.2 Å². The molecule has 3 aromatic carbocycles. The molecule has 50 heavy (non-hydrogen) atoms. The van der Waals surface area contributed by atoms with Crippen LogP contribution >= 0.6 is 0 Å². The topological polar surface area (TPSA) is 134 Å². The third kappa shape index (κ3) is 5.61. The van der Waals surface area contributed by atoms with Crippen molar-refractivity contribution < 1.29 is 33.3 Å². The highest BCUT2D eigenvalue weighted by molar-refractivity contribution is 6.72. The number of rotatable bonds is 8. The lowest BCUT2D eigenvalue weighted by Crippen LogP contribution is -2.48. The summed E-state index contributed by atoms with van der Waals surface area (Å²) in [6, 6.07) is 18.9. The van der Waals surface area contributed by atoms with Gasteiger partial charge in [-0.15, -0.1) is 0 Å². The average molecular weight is 701 g/mol. The summed E-state index contributed by atoms with van der Waals surface area (Å²) >= 11 is 0. The molecule has 2 saturated heterocycles.